The van der Waals surface area contributed by atoms with Crippen molar-refractivity contribution >= 4 is 24.0 Å². The molecule has 1 saturated carbocycles. The van der Waals surface area contributed by atoms with Gasteiger partial charge in [0.25, 0.3) is 0 Å². The molecular weight excluding hydrogens is 424 g/mol. The summed E-state index contributed by atoms with van der Waals surface area (Å²) in [5, 5.41) is 2.65. The van der Waals surface area contributed by atoms with E-state index in [1.807, 2.05) is 12.1 Å². The van der Waals surface area contributed by atoms with Crippen LogP contribution in [0.2, 0.25) is 0 Å². The monoisotopic (exact) mass is 452 g/mol. The highest BCUT2D eigenvalue weighted by Gasteiger charge is 2.44. The molecule has 1 aromatic heterocycles. The van der Waals surface area contributed by atoms with Crippen LogP contribution in [0.15, 0.2) is 41.3 Å². The Morgan fingerprint density at radius 3 is 2.18 bits per heavy atom. The minimum absolute atomic E-state index is 0.150. The zero-order chi connectivity index (χ0) is 23.8. The number of carbonyl (C=O) groups excluding carboxylic acids is 3. The molecule has 10 heteroatoms. The topological polar surface area (TPSA) is 131 Å². The lowest BCUT2D eigenvalue weighted by atomic mass is 9.98. The van der Waals surface area contributed by atoms with Gasteiger partial charge >= 0.3 is 11.7 Å². The molecular formula is C23H28N6O4. The lowest BCUT2D eigenvalue weighted by Crippen LogP contribution is -2.58. The van der Waals surface area contributed by atoms with E-state index in [0.717, 1.165) is 24.7 Å². The van der Waals surface area contributed by atoms with Crippen LogP contribution in [-0.2, 0) is 15.0 Å². The first-order valence-corrected chi connectivity index (χ1v) is 10.9. The number of urea groups is 1. The van der Waals surface area contributed by atoms with E-state index in [-0.39, 0.29) is 23.2 Å². The molecule has 0 spiro atoms. The van der Waals surface area contributed by atoms with Gasteiger partial charge in [-0.3, -0.25) is 14.7 Å². The highest BCUT2D eigenvalue weighted by atomic mass is 16.2. The van der Waals surface area contributed by atoms with Gasteiger partial charge in [0, 0.05) is 32.4 Å². The van der Waals surface area contributed by atoms with Crippen LogP contribution in [0.1, 0.15) is 32.3 Å². The Morgan fingerprint density at radius 2 is 1.67 bits per heavy atom. The van der Waals surface area contributed by atoms with E-state index in [0.29, 0.717) is 31.9 Å². The molecule has 3 N–H and O–H groups in total. The molecule has 1 saturated heterocycles. The van der Waals surface area contributed by atoms with Gasteiger partial charge in [-0.15, -0.1) is 0 Å². The van der Waals surface area contributed by atoms with Crippen molar-refractivity contribution in [1.29, 1.82) is 0 Å². The molecule has 1 aromatic carbocycles. The molecule has 2 fully saturated rings. The van der Waals surface area contributed by atoms with Crippen molar-refractivity contribution in [2.45, 2.75) is 37.6 Å². The van der Waals surface area contributed by atoms with E-state index < -0.39 is 11.2 Å². The number of piperazine rings is 1. The van der Waals surface area contributed by atoms with Crippen LogP contribution in [-0.4, -0.2) is 69.3 Å². The lowest BCUT2D eigenvalue weighted by Gasteiger charge is -2.37. The molecule has 1 aliphatic carbocycles. The summed E-state index contributed by atoms with van der Waals surface area (Å²) in [5.74, 6) is -0.00307. The molecule has 3 amide bonds. The normalized spacial score (nSPS) is 17.4. The number of aromatic nitrogens is 2. The molecule has 0 unspecified atom stereocenters. The molecule has 2 aliphatic rings. The highest BCUT2D eigenvalue weighted by molar-refractivity contribution is 5.89. The number of rotatable bonds is 5. The maximum atomic E-state index is 12.6. The summed E-state index contributed by atoms with van der Waals surface area (Å²) in [6.07, 6.45) is 4.24. The Morgan fingerprint density at radius 1 is 1.06 bits per heavy atom. The summed E-state index contributed by atoms with van der Waals surface area (Å²) >= 11 is 0. The Kier molecular flexibility index (Phi) is 5.79. The van der Waals surface area contributed by atoms with E-state index in [2.05, 4.69) is 10.3 Å². The largest absolute Gasteiger partial charge is 0.354 e. The summed E-state index contributed by atoms with van der Waals surface area (Å²) in [6, 6.07) is 8.45. The number of carbonyl (C=O) groups is 3. The van der Waals surface area contributed by atoms with Crippen LogP contribution < -0.4 is 16.7 Å². The second-order valence-corrected chi connectivity index (χ2v) is 9.22. The fourth-order valence-corrected chi connectivity index (χ4v) is 3.94. The van der Waals surface area contributed by atoms with Crippen LogP contribution >= 0.6 is 0 Å². The first-order valence-electron chi connectivity index (χ1n) is 10.9. The van der Waals surface area contributed by atoms with Crippen LogP contribution in [0.25, 0.3) is 5.69 Å². The van der Waals surface area contributed by atoms with Crippen molar-refractivity contribution in [1.82, 2.24) is 19.4 Å². The summed E-state index contributed by atoms with van der Waals surface area (Å²) < 4.78 is 1.37. The van der Waals surface area contributed by atoms with Gasteiger partial charge in [0.05, 0.1) is 16.6 Å². The Labute approximate surface area is 191 Å². The number of amides is 3. The van der Waals surface area contributed by atoms with Gasteiger partial charge in [0.15, 0.2) is 0 Å². The quantitative estimate of drug-likeness (QED) is 0.648. The van der Waals surface area contributed by atoms with Gasteiger partial charge in [-0.25, -0.2) is 9.59 Å². The average molecular weight is 453 g/mol. The number of benzene rings is 1. The molecule has 2 heterocycles. The number of nitrogens with zero attached hydrogens (tertiary/aromatic N) is 4. The molecule has 0 radical (unpaired) electrons. The molecule has 4 rings (SSSR count). The van der Waals surface area contributed by atoms with Crippen molar-refractivity contribution < 1.29 is 14.4 Å². The molecule has 10 nitrogen and oxygen atoms in total. The third kappa shape index (κ3) is 4.65. The number of hydrogen-bond acceptors (Lipinski definition) is 6. The van der Waals surface area contributed by atoms with E-state index in [1.54, 1.807) is 48.0 Å². The van der Waals surface area contributed by atoms with Crippen LogP contribution in [0.4, 0.5) is 10.6 Å². The van der Waals surface area contributed by atoms with E-state index in [9.17, 15) is 19.2 Å². The first-order chi connectivity index (χ1) is 15.6. The van der Waals surface area contributed by atoms with Crippen molar-refractivity contribution in [2.75, 3.05) is 31.5 Å². The van der Waals surface area contributed by atoms with Gasteiger partial charge in [0.1, 0.15) is 12.1 Å². The Balaban J connectivity index is 1.38. The number of anilines is 1. The fourth-order valence-electron chi connectivity index (χ4n) is 3.94. The molecule has 1 aliphatic heterocycles. The van der Waals surface area contributed by atoms with Crippen LogP contribution in [0.5, 0.6) is 0 Å². The number of nitrogens with one attached hydrogen (secondary N) is 1. The SMILES string of the molecule is CC(C)(N)C(=O)N1CCN(C(=O)Nc2ccn(-c3ccc(C4(C=O)CC4)cc3)c(=O)n2)CC1. The maximum Gasteiger partial charge on any atom is 0.354 e. The molecule has 0 atom stereocenters. The van der Waals surface area contributed by atoms with Gasteiger partial charge < -0.3 is 20.3 Å². The van der Waals surface area contributed by atoms with Crippen molar-refractivity contribution in [3.8, 4) is 5.69 Å². The number of nitrogens with two attached hydrogens (primary N) is 1. The highest BCUT2D eigenvalue weighted by Crippen LogP contribution is 2.46. The molecule has 0 bridgehead atoms. The smallest absolute Gasteiger partial charge is 0.338 e. The summed E-state index contributed by atoms with van der Waals surface area (Å²) in [5.41, 5.74) is 5.60. The van der Waals surface area contributed by atoms with Crippen molar-refractivity contribution in [2.24, 2.45) is 5.73 Å². The Hall–Kier alpha value is -3.53. The number of hydrogen-bond donors (Lipinski definition) is 2. The van der Waals surface area contributed by atoms with Gasteiger partial charge in [-0.05, 0) is 50.5 Å². The standard InChI is InChI=1S/C23H28N6O4/c1-22(2,24)19(31)27-11-13-28(14-12-27)20(32)25-18-7-10-29(21(33)26-18)17-5-3-16(4-6-17)23(15-30)8-9-23/h3-7,10,15H,8-9,11-14,24H2,1-2H3,(H,25,26,32,33). The zero-order valence-electron chi connectivity index (χ0n) is 18.8. The minimum atomic E-state index is -0.952. The fraction of sp³-hybridized carbons (Fsp3) is 0.435. The second-order valence-electron chi connectivity index (χ2n) is 9.22. The second kappa shape index (κ2) is 8.43. The average Bonchev–Trinajstić information content (AvgIpc) is 3.60. The zero-order valence-corrected chi connectivity index (χ0v) is 18.8. The number of aldehydes is 1. The summed E-state index contributed by atoms with van der Waals surface area (Å²) in [7, 11) is 0. The lowest BCUT2D eigenvalue weighted by molar-refractivity contribution is -0.137. The Bertz CT molecular complexity index is 1120. The van der Waals surface area contributed by atoms with E-state index in [1.165, 1.54) is 4.57 Å². The predicted molar refractivity (Wildman–Crippen MR) is 122 cm³/mol. The van der Waals surface area contributed by atoms with E-state index in [4.69, 9.17) is 5.73 Å². The van der Waals surface area contributed by atoms with Crippen molar-refractivity contribution in [3.05, 3.63) is 52.6 Å². The maximum absolute atomic E-state index is 12.6. The van der Waals surface area contributed by atoms with Crippen molar-refractivity contribution in [3.63, 3.8) is 0 Å². The minimum Gasteiger partial charge on any atom is -0.338 e. The summed E-state index contributed by atoms with van der Waals surface area (Å²) in [4.78, 5) is 55.9. The summed E-state index contributed by atoms with van der Waals surface area (Å²) in [6.45, 7) is 4.82. The van der Waals surface area contributed by atoms with Gasteiger partial charge in [-0.2, -0.15) is 4.98 Å². The molecule has 33 heavy (non-hydrogen) atoms. The first kappa shape index (κ1) is 22.7. The van der Waals surface area contributed by atoms with Gasteiger partial charge in [0.2, 0.25) is 5.91 Å². The van der Waals surface area contributed by atoms with E-state index >= 15 is 0 Å². The van der Waals surface area contributed by atoms with Gasteiger partial charge in [-0.1, -0.05) is 12.1 Å². The van der Waals surface area contributed by atoms with Crippen LogP contribution in [0.3, 0.4) is 0 Å². The third-order valence-corrected chi connectivity index (χ3v) is 6.18. The molecule has 2 aromatic rings. The van der Waals surface area contributed by atoms with Crippen LogP contribution in [0, 0.1) is 0 Å². The third-order valence-electron chi connectivity index (χ3n) is 6.18. The predicted octanol–water partition coefficient (Wildman–Crippen LogP) is 0.876. The molecule has 174 valence electrons.